The van der Waals surface area contributed by atoms with Gasteiger partial charge in [-0.05, 0) is 31.2 Å². The van der Waals surface area contributed by atoms with Gasteiger partial charge in [-0.25, -0.2) is 4.98 Å². The van der Waals surface area contributed by atoms with Gasteiger partial charge in [-0.15, -0.1) is 11.3 Å². The summed E-state index contributed by atoms with van der Waals surface area (Å²) < 4.78 is 41.2. The lowest BCUT2D eigenvalue weighted by Gasteiger charge is -2.04. The minimum atomic E-state index is -4.43. The highest BCUT2D eigenvalue weighted by atomic mass is 32.1. The topological polar surface area (TPSA) is 55.1 Å². The van der Waals surface area contributed by atoms with E-state index >= 15 is 0 Å². The molecular weight excluding hydrogens is 377 g/mol. The molecule has 0 amide bonds. The highest BCUT2D eigenvalue weighted by Crippen LogP contribution is 2.40. The molecule has 0 atom stereocenters. The summed E-state index contributed by atoms with van der Waals surface area (Å²) in [7, 11) is 0. The molecule has 0 saturated heterocycles. The van der Waals surface area contributed by atoms with Crippen LogP contribution in [0.2, 0.25) is 0 Å². The first-order valence-electron chi connectivity index (χ1n) is 8.03. The second-order valence-corrected chi connectivity index (χ2v) is 7.19. The molecule has 2 heterocycles. The first-order chi connectivity index (χ1) is 12.8. The highest BCUT2D eigenvalue weighted by molar-refractivity contribution is 7.21. The van der Waals surface area contributed by atoms with Crippen LogP contribution in [0.4, 0.5) is 13.2 Å². The van der Waals surface area contributed by atoms with E-state index in [0.717, 1.165) is 28.6 Å². The molecule has 4 nitrogen and oxygen atoms in total. The number of carboxylic acid groups (broad SMARTS) is 1. The maximum Gasteiger partial charge on any atom is 0.416 e. The van der Waals surface area contributed by atoms with Gasteiger partial charge in [0.25, 0.3) is 0 Å². The summed E-state index contributed by atoms with van der Waals surface area (Å²) in [6, 6.07) is 10.9. The summed E-state index contributed by atoms with van der Waals surface area (Å²) in [5, 5.41) is 10.6. The second kappa shape index (κ2) is 6.09. The zero-order valence-corrected chi connectivity index (χ0v) is 14.9. The average Bonchev–Trinajstić information content (AvgIpc) is 3.12. The molecule has 0 fully saturated rings. The van der Waals surface area contributed by atoms with Crippen molar-refractivity contribution in [2.24, 2.45) is 0 Å². The number of nitrogens with zero attached hydrogens (tertiary/aromatic N) is 2. The number of aliphatic carboxylic acids is 1. The zero-order valence-electron chi connectivity index (χ0n) is 14.0. The van der Waals surface area contributed by atoms with Gasteiger partial charge in [0.05, 0.1) is 15.8 Å². The summed E-state index contributed by atoms with van der Waals surface area (Å²) in [4.78, 5) is 15.7. The molecule has 0 aliphatic rings. The number of carboxylic acids is 1. The average molecular weight is 390 g/mol. The van der Waals surface area contributed by atoms with Crippen molar-refractivity contribution in [3.05, 3.63) is 53.7 Å². The van der Waals surface area contributed by atoms with Crippen molar-refractivity contribution in [3.63, 3.8) is 0 Å². The van der Waals surface area contributed by atoms with E-state index in [1.54, 1.807) is 11.5 Å². The zero-order chi connectivity index (χ0) is 19.3. The van der Waals surface area contributed by atoms with E-state index in [1.807, 2.05) is 24.3 Å². The molecule has 4 rings (SSSR count). The maximum absolute atomic E-state index is 13.0. The predicted octanol–water partition coefficient (Wildman–Crippen LogP) is 5.33. The van der Waals surface area contributed by atoms with Crippen molar-refractivity contribution >= 4 is 38.4 Å². The molecule has 0 bridgehead atoms. The summed E-state index contributed by atoms with van der Waals surface area (Å²) >= 11 is 1.29. The minimum absolute atomic E-state index is 0.199. The fourth-order valence-electron chi connectivity index (χ4n) is 3.25. The molecule has 2 aromatic carbocycles. The molecule has 0 unspecified atom stereocenters. The number of fused-ring (bicyclic) bond motifs is 2. The van der Waals surface area contributed by atoms with E-state index in [1.165, 1.54) is 17.4 Å². The van der Waals surface area contributed by atoms with Crippen LogP contribution in [-0.2, 0) is 17.5 Å². The van der Waals surface area contributed by atoms with Crippen molar-refractivity contribution in [1.29, 1.82) is 0 Å². The Bertz CT molecular complexity index is 1190. The van der Waals surface area contributed by atoms with Crippen molar-refractivity contribution in [1.82, 2.24) is 9.55 Å². The molecule has 2 aromatic heterocycles. The Balaban J connectivity index is 1.94. The Morgan fingerprint density at radius 1 is 1.22 bits per heavy atom. The molecule has 0 radical (unpaired) electrons. The van der Waals surface area contributed by atoms with Gasteiger partial charge in [0.1, 0.15) is 11.6 Å². The SMILES string of the molecule is Cc1c(-c2nc3cc(C(F)(F)F)ccc3s2)c2ccccc2n1CC(=O)O. The van der Waals surface area contributed by atoms with Crippen LogP contribution in [0, 0.1) is 6.92 Å². The van der Waals surface area contributed by atoms with Crippen LogP contribution in [0.1, 0.15) is 11.3 Å². The van der Waals surface area contributed by atoms with Gasteiger partial charge < -0.3 is 9.67 Å². The Hall–Kier alpha value is -2.87. The van der Waals surface area contributed by atoms with Gasteiger partial charge in [-0.1, -0.05) is 18.2 Å². The van der Waals surface area contributed by atoms with Crippen molar-refractivity contribution in [2.45, 2.75) is 19.6 Å². The predicted molar refractivity (Wildman–Crippen MR) is 97.9 cm³/mol. The fourth-order valence-corrected chi connectivity index (χ4v) is 4.31. The summed E-state index contributed by atoms with van der Waals surface area (Å²) in [5.41, 5.74) is 1.76. The van der Waals surface area contributed by atoms with E-state index in [-0.39, 0.29) is 12.1 Å². The van der Waals surface area contributed by atoms with Gasteiger partial charge in [0.15, 0.2) is 0 Å². The van der Waals surface area contributed by atoms with Crippen molar-refractivity contribution < 1.29 is 23.1 Å². The number of benzene rings is 2. The number of para-hydroxylation sites is 1. The quantitative estimate of drug-likeness (QED) is 0.514. The molecule has 0 spiro atoms. The lowest BCUT2D eigenvalue weighted by Crippen LogP contribution is -2.09. The highest BCUT2D eigenvalue weighted by Gasteiger charge is 2.31. The lowest BCUT2D eigenvalue weighted by molar-refractivity contribution is -0.138. The van der Waals surface area contributed by atoms with E-state index < -0.39 is 17.7 Å². The van der Waals surface area contributed by atoms with Crippen LogP contribution >= 0.6 is 11.3 Å². The maximum atomic E-state index is 13.0. The molecule has 138 valence electrons. The molecule has 1 N–H and O–H groups in total. The van der Waals surface area contributed by atoms with E-state index in [2.05, 4.69) is 4.98 Å². The van der Waals surface area contributed by atoms with Crippen LogP contribution in [0.15, 0.2) is 42.5 Å². The first-order valence-corrected chi connectivity index (χ1v) is 8.85. The molecule has 4 aromatic rings. The van der Waals surface area contributed by atoms with Gasteiger partial charge in [-0.3, -0.25) is 4.79 Å². The number of thiazole rings is 1. The number of halogens is 3. The number of carbonyl (C=O) groups is 1. The normalized spacial score (nSPS) is 12.1. The third-order valence-corrected chi connectivity index (χ3v) is 5.51. The molecule has 0 aliphatic heterocycles. The Morgan fingerprint density at radius 2 is 1.96 bits per heavy atom. The summed E-state index contributed by atoms with van der Waals surface area (Å²) in [6.45, 7) is 1.60. The third-order valence-electron chi connectivity index (χ3n) is 4.45. The molecule has 0 saturated carbocycles. The smallest absolute Gasteiger partial charge is 0.416 e. The number of aromatic nitrogens is 2. The Morgan fingerprint density at radius 3 is 2.67 bits per heavy atom. The van der Waals surface area contributed by atoms with Gasteiger partial charge in [-0.2, -0.15) is 13.2 Å². The number of alkyl halides is 3. The van der Waals surface area contributed by atoms with Crippen molar-refractivity contribution in [3.8, 4) is 10.6 Å². The largest absolute Gasteiger partial charge is 0.480 e. The minimum Gasteiger partial charge on any atom is -0.480 e. The van der Waals surface area contributed by atoms with Gasteiger partial charge >= 0.3 is 12.1 Å². The number of hydrogen-bond donors (Lipinski definition) is 1. The van der Waals surface area contributed by atoms with Gasteiger partial charge in [0, 0.05) is 22.2 Å². The van der Waals surface area contributed by atoms with E-state index in [0.29, 0.717) is 15.4 Å². The standard InChI is InChI=1S/C19H13F3N2O2S/c1-10-17(12-4-2-3-5-14(12)24(10)9-16(25)26)18-23-13-8-11(19(20,21)22)6-7-15(13)27-18/h2-8H,9H2,1H3,(H,25,26). The van der Waals surface area contributed by atoms with E-state index in [4.69, 9.17) is 0 Å². The van der Waals surface area contributed by atoms with Crippen LogP contribution in [0.25, 0.3) is 31.7 Å². The molecule has 0 aliphatic carbocycles. The fraction of sp³-hybridized carbons (Fsp3) is 0.158. The third kappa shape index (κ3) is 2.95. The molecule has 8 heteroatoms. The van der Waals surface area contributed by atoms with Crippen LogP contribution in [0.5, 0.6) is 0 Å². The monoisotopic (exact) mass is 390 g/mol. The van der Waals surface area contributed by atoms with Crippen LogP contribution in [-0.4, -0.2) is 20.6 Å². The Kier molecular flexibility index (Phi) is 3.96. The molecule has 27 heavy (non-hydrogen) atoms. The molecular formula is C19H13F3N2O2S. The van der Waals surface area contributed by atoms with Gasteiger partial charge in [0.2, 0.25) is 0 Å². The first kappa shape index (κ1) is 17.5. The van der Waals surface area contributed by atoms with Crippen molar-refractivity contribution in [2.75, 3.05) is 0 Å². The lowest BCUT2D eigenvalue weighted by atomic mass is 10.1. The summed E-state index contributed by atoms with van der Waals surface area (Å²) in [6.07, 6.45) is -4.43. The second-order valence-electron chi connectivity index (χ2n) is 6.16. The number of hydrogen-bond acceptors (Lipinski definition) is 3. The van der Waals surface area contributed by atoms with Crippen LogP contribution < -0.4 is 0 Å². The Labute approximate surface area is 155 Å². The number of rotatable bonds is 3. The van der Waals surface area contributed by atoms with Crippen LogP contribution in [0.3, 0.4) is 0 Å². The summed E-state index contributed by atoms with van der Waals surface area (Å²) in [5.74, 6) is -0.968. The van der Waals surface area contributed by atoms with E-state index in [9.17, 15) is 23.1 Å².